The van der Waals surface area contributed by atoms with Crippen LogP contribution in [0, 0.1) is 0 Å². The van der Waals surface area contributed by atoms with Gasteiger partial charge in [-0.1, -0.05) is 11.8 Å². The first-order chi connectivity index (χ1) is 7.97. The Hall–Kier alpha value is -1.08. The van der Waals surface area contributed by atoms with Crippen LogP contribution in [0.25, 0.3) is 0 Å². The summed E-state index contributed by atoms with van der Waals surface area (Å²) in [6.45, 7) is 4.45. The highest BCUT2D eigenvalue weighted by Gasteiger charge is 2.10. The van der Waals surface area contributed by atoms with E-state index in [0.717, 1.165) is 0 Å². The number of carbonyl (C=O) groups excluding carboxylic acids is 1. The molecule has 6 nitrogen and oxygen atoms in total. The van der Waals surface area contributed by atoms with Gasteiger partial charge in [0.2, 0.25) is 11.8 Å². The molecule has 1 heterocycles. The van der Waals surface area contributed by atoms with E-state index in [9.17, 15) is 4.79 Å². The highest BCUT2D eigenvalue weighted by atomic mass is 32.2. The van der Waals surface area contributed by atoms with Crippen LogP contribution in [0.15, 0.2) is 9.64 Å². The average Bonchev–Trinajstić information content (AvgIpc) is 2.60. The molecule has 0 bridgehead atoms. The van der Waals surface area contributed by atoms with Gasteiger partial charge in [0, 0.05) is 6.04 Å². The molecule has 17 heavy (non-hydrogen) atoms. The SMILES string of the molecule is CC(C)NC(=O)CSc1nnc(CN(C)C)o1. The fourth-order valence-corrected chi connectivity index (χ4v) is 1.71. The van der Waals surface area contributed by atoms with E-state index in [1.54, 1.807) is 0 Å². The molecule has 0 aliphatic rings. The first-order valence-electron chi connectivity index (χ1n) is 5.36. The molecule has 0 saturated carbocycles. The molecule has 7 heteroatoms. The maximum absolute atomic E-state index is 11.4. The molecule has 0 atom stereocenters. The average molecular weight is 258 g/mol. The summed E-state index contributed by atoms with van der Waals surface area (Å²) in [6, 6.07) is 0.148. The normalized spacial score (nSPS) is 11.2. The fraction of sp³-hybridized carbons (Fsp3) is 0.700. The van der Waals surface area contributed by atoms with Crippen LogP contribution in [0.1, 0.15) is 19.7 Å². The van der Waals surface area contributed by atoms with E-state index in [1.165, 1.54) is 11.8 Å². The molecular formula is C10H18N4O2S. The maximum Gasteiger partial charge on any atom is 0.277 e. The minimum Gasteiger partial charge on any atom is -0.415 e. The molecule has 0 aliphatic carbocycles. The van der Waals surface area contributed by atoms with Crippen LogP contribution in [0.2, 0.25) is 0 Å². The van der Waals surface area contributed by atoms with E-state index in [2.05, 4.69) is 15.5 Å². The van der Waals surface area contributed by atoms with Gasteiger partial charge in [-0.25, -0.2) is 0 Å². The standard InChI is InChI=1S/C10H18N4O2S/c1-7(2)11-8(15)6-17-10-13-12-9(16-10)5-14(3)4/h7H,5-6H2,1-4H3,(H,11,15). The van der Waals surface area contributed by atoms with Gasteiger partial charge in [-0.2, -0.15) is 0 Å². The van der Waals surface area contributed by atoms with Crippen LogP contribution in [0.3, 0.4) is 0 Å². The fourth-order valence-electron chi connectivity index (χ4n) is 1.12. The summed E-state index contributed by atoms with van der Waals surface area (Å²) >= 11 is 1.25. The van der Waals surface area contributed by atoms with Crippen molar-refractivity contribution < 1.29 is 9.21 Å². The topological polar surface area (TPSA) is 71.3 Å². The molecule has 1 rings (SSSR count). The van der Waals surface area contributed by atoms with Gasteiger partial charge in [-0.3, -0.25) is 4.79 Å². The van der Waals surface area contributed by atoms with E-state index in [1.807, 2.05) is 32.8 Å². The minimum absolute atomic E-state index is 0.0302. The second-order valence-electron chi connectivity index (χ2n) is 4.21. The first kappa shape index (κ1) is 14.0. The smallest absolute Gasteiger partial charge is 0.277 e. The first-order valence-corrected chi connectivity index (χ1v) is 6.35. The molecule has 1 amide bonds. The van der Waals surface area contributed by atoms with Crippen LogP contribution in [-0.2, 0) is 11.3 Å². The zero-order valence-electron chi connectivity index (χ0n) is 10.6. The van der Waals surface area contributed by atoms with E-state index in [4.69, 9.17) is 4.42 Å². The van der Waals surface area contributed by atoms with Crippen molar-refractivity contribution >= 4 is 17.7 Å². The minimum atomic E-state index is -0.0302. The molecule has 0 unspecified atom stereocenters. The number of aromatic nitrogens is 2. The van der Waals surface area contributed by atoms with E-state index in [0.29, 0.717) is 23.4 Å². The molecule has 1 aromatic heterocycles. The summed E-state index contributed by atoms with van der Waals surface area (Å²) in [4.78, 5) is 13.3. The van der Waals surface area contributed by atoms with Gasteiger partial charge in [0.05, 0.1) is 12.3 Å². The van der Waals surface area contributed by atoms with Gasteiger partial charge in [0.25, 0.3) is 5.22 Å². The third kappa shape index (κ3) is 5.69. The predicted octanol–water partition coefficient (Wildman–Crippen LogP) is 0.748. The molecular weight excluding hydrogens is 240 g/mol. The molecule has 0 aromatic carbocycles. The lowest BCUT2D eigenvalue weighted by atomic mass is 10.4. The second-order valence-corrected chi connectivity index (χ2v) is 5.14. The van der Waals surface area contributed by atoms with E-state index < -0.39 is 0 Å². The predicted molar refractivity (Wildman–Crippen MR) is 65.7 cm³/mol. The Morgan fingerprint density at radius 2 is 2.18 bits per heavy atom. The van der Waals surface area contributed by atoms with Crippen molar-refractivity contribution in [1.82, 2.24) is 20.4 Å². The molecule has 0 radical (unpaired) electrons. The third-order valence-electron chi connectivity index (χ3n) is 1.68. The lowest BCUT2D eigenvalue weighted by Crippen LogP contribution is -2.31. The van der Waals surface area contributed by atoms with Gasteiger partial charge in [0.1, 0.15) is 0 Å². The van der Waals surface area contributed by atoms with Gasteiger partial charge in [0.15, 0.2) is 0 Å². The molecule has 0 spiro atoms. The van der Waals surface area contributed by atoms with E-state index in [-0.39, 0.29) is 11.9 Å². The summed E-state index contributed by atoms with van der Waals surface area (Å²) in [5.74, 6) is 0.820. The molecule has 0 fully saturated rings. The molecule has 0 saturated heterocycles. The molecule has 1 N–H and O–H groups in total. The molecule has 96 valence electrons. The number of nitrogens with one attached hydrogen (secondary N) is 1. The van der Waals surface area contributed by atoms with Crippen LogP contribution in [0.5, 0.6) is 0 Å². The third-order valence-corrected chi connectivity index (χ3v) is 2.49. The Morgan fingerprint density at radius 3 is 2.76 bits per heavy atom. The number of nitrogens with zero attached hydrogens (tertiary/aromatic N) is 3. The van der Waals surface area contributed by atoms with Gasteiger partial charge in [-0.05, 0) is 27.9 Å². The van der Waals surface area contributed by atoms with Crippen LogP contribution in [0.4, 0.5) is 0 Å². The number of hydrogen-bond acceptors (Lipinski definition) is 6. The summed E-state index contributed by atoms with van der Waals surface area (Å²) in [6.07, 6.45) is 0. The monoisotopic (exact) mass is 258 g/mol. The maximum atomic E-state index is 11.4. The van der Waals surface area contributed by atoms with Crippen LogP contribution < -0.4 is 5.32 Å². The van der Waals surface area contributed by atoms with Crippen molar-refractivity contribution in [2.24, 2.45) is 0 Å². The molecule has 1 aromatic rings. The Bertz CT molecular complexity index is 365. The van der Waals surface area contributed by atoms with Gasteiger partial charge >= 0.3 is 0 Å². The highest BCUT2D eigenvalue weighted by molar-refractivity contribution is 7.99. The quantitative estimate of drug-likeness (QED) is 0.759. The number of carbonyl (C=O) groups is 1. The number of rotatable bonds is 6. The second kappa shape index (κ2) is 6.61. The van der Waals surface area contributed by atoms with Crippen LogP contribution in [-0.4, -0.2) is 46.9 Å². The lowest BCUT2D eigenvalue weighted by molar-refractivity contribution is -0.119. The van der Waals surface area contributed by atoms with Crippen molar-refractivity contribution in [3.05, 3.63) is 5.89 Å². The summed E-state index contributed by atoms with van der Waals surface area (Å²) < 4.78 is 5.37. The Kier molecular flexibility index (Phi) is 5.43. The van der Waals surface area contributed by atoms with Gasteiger partial charge < -0.3 is 14.6 Å². The van der Waals surface area contributed by atoms with Gasteiger partial charge in [-0.15, -0.1) is 10.2 Å². The summed E-state index contributed by atoms with van der Waals surface area (Å²) in [7, 11) is 3.85. The Balaban J connectivity index is 2.37. The Labute approximate surface area is 105 Å². The van der Waals surface area contributed by atoms with Crippen molar-refractivity contribution in [3.8, 4) is 0 Å². The van der Waals surface area contributed by atoms with Crippen molar-refractivity contribution in [2.45, 2.75) is 31.7 Å². The summed E-state index contributed by atoms with van der Waals surface area (Å²) in [5, 5.41) is 11.0. The number of amides is 1. The van der Waals surface area contributed by atoms with Crippen molar-refractivity contribution in [2.75, 3.05) is 19.8 Å². The zero-order chi connectivity index (χ0) is 12.8. The highest BCUT2D eigenvalue weighted by Crippen LogP contribution is 2.16. The molecule has 0 aliphatic heterocycles. The lowest BCUT2D eigenvalue weighted by Gasteiger charge is -2.06. The zero-order valence-corrected chi connectivity index (χ0v) is 11.4. The Morgan fingerprint density at radius 1 is 1.47 bits per heavy atom. The van der Waals surface area contributed by atoms with Crippen LogP contribution >= 0.6 is 11.8 Å². The van der Waals surface area contributed by atoms with E-state index >= 15 is 0 Å². The van der Waals surface area contributed by atoms with Crippen molar-refractivity contribution in [1.29, 1.82) is 0 Å². The number of thioether (sulfide) groups is 1. The number of hydrogen-bond donors (Lipinski definition) is 1. The van der Waals surface area contributed by atoms with Crippen molar-refractivity contribution in [3.63, 3.8) is 0 Å². The summed E-state index contributed by atoms with van der Waals surface area (Å²) in [5.41, 5.74) is 0. The largest absolute Gasteiger partial charge is 0.415 e.